The van der Waals surface area contributed by atoms with E-state index in [1.165, 1.54) is 12.3 Å². The Labute approximate surface area is 103 Å². The Hall–Kier alpha value is -2.25. The number of nitriles is 1. The lowest BCUT2D eigenvalue weighted by molar-refractivity contribution is -0.608. The minimum atomic E-state index is -0.0903. The van der Waals surface area contributed by atoms with E-state index in [0.717, 1.165) is 0 Å². The molecule has 0 N–H and O–H groups in total. The van der Waals surface area contributed by atoms with Crippen LogP contribution in [0.2, 0.25) is 5.02 Å². The SMILES string of the molecule is N#Cc1c(Oc2cccc(Cl)c2)ccc[n+]1[O-]. The molecule has 0 unspecified atom stereocenters. The number of rotatable bonds is 2. The van der Waals surface area contributed by atoms with Gasteiger partial charge in [0.05, 0.1) is 0 Å². The van der Waals surface area contributed by atoms with Crippen LogP contribution >= 0.6 is 11.6 Å². The van der Waals surface area contributed by atoms with Crippen molar-refractivity contribution in [1.29, 1.82) is 5.26 Å². The van der Waals surface area contributed by atoms with Crippen molar-refractivity contribution in [2.24, 2.45) is 0 Å². The minimum Gasteiger partial charge on any atom is -0.618 e. The highest BCUT2D eigenvalue weighted by Crippen LogP contribution is 2.24. The molecule has 0 atom stereocenters. The van der Waals surface area contributed by atoms with Gasteiger partial charge < -0.3 is 9.94 Å². The number of halogens is 1. The number of nitrogens with zero attached hydrogens (tertiary/aromatic N) is 2. The lowest BCUT2D eigenvalue weighted by atomic mass is 10.3. The van der Waals surface area contributed by atoms with Gasteiger partial charge >= 0.3 is 5.69 Å². The molecule has 0 fully saturated rings. The first-order valence-electron chi connectivity index (χ1n) is 4.76. The van der Waals surface area contributed by atoms with Gasteiger partial charge in [0.25, 0.3) is 0 Å². The molecule has 1 aromatic carbocycles. The van der Waals surface area contributed by atoms with Crippen LogP contribution in [-0.2, 0) is 0 Å². The van der Waals surface area contributed by atoms with Gasteiger partial charge in [-0.1, -0.05) is 17.7 Å². The minimum absolute atomic E-state index is 0.0903. The number of ether oxygens (including phenoxy) is 1. The van der Waals surface area contributed by atoms with E-state index >= 15 is 0 Å². The molecule has 4 nitrogen and oxygen atoms in total. The molecule has 0 bridgehead atoms. The maximum absolute atomic E-state index is 11.3. The fourth-order valence-electron chi connectivity index (χ4n) is 1.31. The van der Waals surface area contributed by atoms with E-state index in [4.69, 9.17) is 21.6 Å². The third-order valence-corrected chi connectivity index (χ3v) is 2.29. The summed E-state index contributed by atoms with van der Waals surface area (Å²) in [5, 5.41) is 20.7. The molecule has 5 heteroatoms. The molecule has 2 aromatic rings. The Kier molecular flexibility index (Phi) is 3.12. The van der Waals surface area contributed by atoms with Crippen molar-refractivity contribution in [3.63, 3.8) is 0 Å². The largest absolute Gasteiger partial charge is 0.618 e. The average molecular weight is 247 g/mol. The zero-order chi connectivity index (χ0) is 12.3. The molecule has 17 heavy (non-hydrogen) atoms. The molecule has 0 saturated heterocycles. The quantitative estimate of drug-likeness (QED) is 0.605. The van der Waals surface area contributed by atoms with Crippen molar-refractivity contribution in [3.05, 3.63) is 58.5 Å². The highest BCUT2D eigenvalue weighted by molar-refractivity contribution is 6.30. The second-order valence-corrected chi connectivity index (χ2v) is 3.65. The number of hydrogen-bond acceptors (Lipinski definition) is 3. The molecule has 0 aliphatic rings. The Morgan fingerprint density at radius 2 is 2.12 bits per heavy atom. The van der Waals surface area contributed by atoms with Crippen LogP contribution in [0.1, 0.15) is 5.69 Å². The summed E-state index contributed by atoms with van der Waals surface area (Å²) in [5.74, 6) is 0.674. The van der Waals surface area contributed by atoms with Crippen molar-refractivity contribution in [2.45, 2.75) is 0 Å². The third-order valence-electron chi connectivity index (χ3n) is 2.05. The van der Waals surface area contributed by atoms with Crippen molar-refractivity contribution < 1.29 is 9.47 Å². The highest BCUT2D eigenvalue weighted by atomic mass is 35.5. The summed E-state index contributed by atoms with van der Waals surface area (Å²) in [5.41, 5.74) is -0.0903. The van der Waals surface area contributed by atoms with Gasteiger partial charge in [-0.25, -0.2) is 0 Å². The molecule has 84 valence electrons. The number of aromatic nitrogens is 1. The molecule has 0 spiro atoms. The molecule has 0 aliphatic carbocycles. The molecule has 0 radical (unpaired) electrons. The topological polar surface area (TPSA) is 60.0 Å². The summed E-state index contributed by atoms with van der Waals surface area (Å²) in [7, 11) is 0. The van der Waals surface area contributed by atoms with Gasteiger partial charge in [-0.15, -0.1) is 0 Å². The summed E-state index contributed by atoms with van der Waals surface area (Å²) in [6, 6.07) is 11.6. The van der Waals surface area contributed by atoms with Crippen LogP contribution in [0.3, 0.4) is 0 Å². The van der Waals surface area contributed by atoms with Crippen molar-refractivity contribution in [1.82, 2.24) is 0 Å². The predicted molar refractivity (Wildman–Crippen MR) is 61.6 cm³/mol. The second-order valence-electron chi connectivity index (χ2n) is 3.22. The predicted octanol–water partition coefficient (Wildman–Crippen LogP) is 2.64. The number of benzene rings is 1. The van der Waals surface area contributed by atoms with Crippen LogP contribution in [0.5, 0.6) is 11.5 Å². The van der Waals surface area contributed by atoms with Crippen LogP contribution in [0.15, 0.2) is 42.6 Å². The standard InChI is InChI=1S/C12H7ClN2O2/c13-9-3-1-4-10(7-9)17-12-5-2-6-15(16)11(12)8-14/h1-7H. The Balaban J connectivity index is 2.37. The van der Waals surface area contributed by atoms with E-state index in [9.17, 15) is 5.21 Å². The third kappa shape index (κ3) is 2.47. The molecule has 0 saturated carbocycles. The molecule has 0 aliphatic heterocycles. The fraction of sp³-hybridized carbons (Fsp3) is 0. The van der Waals surface area contributed by atoms with Crippen molar-refractivity contribution >= 4 is 11.6 Å². The zero-order valence-electron chi connectivity index (χ0n) is 8.63. The molecule has 2 rings (SSSR count). The monoisotopic (exact) mass is 246 g/mol. The molecular formula is C12H7ClN2O2. The van der Waals surface area contributed by atoms with Crippen molar-refractivity contribution in [3.8, 4) is 17.6 Å². The summed E-state index contributed by atoms with van der Waals surface area (Å²) < 4.78 is 5.89. The smallest absolute Gasteiger partial charge is 0.337 e. The maximum Gasteiger partial charge on any atom is 0.337 e. The highest BCUT2D eigenvalue weighted by Gasteiger charge is 2.13. The van der Waals surface area contributed by atoms with Gasteiger partial charge in [0.1, 0.15) is 5.75 Å². The lowest BCUT2D eigenvalue weighted by Crippen LogP contribution is -2.29. The van der Waals surface area contributed by atoms with Crippen LogP contribution in [0.25, 0.3) is 0 Å². The number of pyridine rings is 1. The van der Waals surface area contributed by atoms with Gasteiger partial charge in [-0.05, 0) is 24.3 Å². The molecule has 1 aromatic heterocycles. The first-order valence-corrected chi connectivity index (χ1v) is 5.14. The molecule has 1 heterocycles. The van der Waals surface area contributed by atoms with Crippen LogP contribution in [-0.4, -0.2) is 0 Å². The van der Waals surface area contributed by atoms with Gasteiger partial charge in [-0.2, -0.15) is 9.99 Å². The van der Waals surface area contributed by atoms with Crippen LogP contribution < -0.4 is 9.47 Å². The van der Waals surface area contributed by atoms with E-state index in [1.54, 1.807) is 36.4 Å². The van der Waals surface area contributed by atoms with Gasteiger partial charge in [0.2, 0.25) is 5.75 Å². The van der Waals surface area contributed by atoms with E-state index in [1.807, 2.05) is 0 Å². The van der Waals surface area contributed by atoms with E-state index < -0.39 is 0 Å². The van der Waals surface area contributed by atoms with Gasteiger partial charge in [0, 0.05) is 11.1 Å². The van der Waals surface area contributed by atoms with E-state index in [-0.39, 0.29) is 11.4 Å². The van der Waals surface area contributed by atoms with Gasteiger partial charge in [0.15, 0.2) is 12.3 Å². The second kappa shape index (κ2) is 4.73. The molecular weight excluding hydrogens is 240 g/mol. The molecule has 0 amide bonds. The maximum atomic E-state index is 11.3. The summed E-state index contributed by atoms with van der Waals surface area (Å²) in [4.78, 5) is 0. The lowest BCUT2D eigenvalue weighted by Gasteiger charge is -2.06. The number of hydrogen-bond donors (Lipinski definition) is 0. The zero-order valence-corrected chi connectivity index (χ0v) is 9.39. The first-order chi connectivity index (χ1) is 8.20. The average Bonchev–Trinajstić information content (AvgIpc) is 2.29. The summed E-state index contributed by atoms with van der Waals surface area (Å²) in [6.07, 6.45) is 1.24. The summed E-state index contributed by atoms with van der Waals surface area (Å²) in [6.45, 7) is 0. The van der Waals surface area contributed by atoms with Crippen LogP contribution in [0.4, 0.5) is 0 Å². The first kappa shape index (κ1) is 11.2. The fourth-order valence-corrected chi connectivity index (χ4v) is 1.50. The Bertz CT molecular complexity index is 593. The van der Waals surface area contributed by atoms with E-state index in [0.29, 0.717) is 15.5 Å². The normalized spacial score (nSPS) is 9.65. The van der Waals surface area contributed by atoms with Gasteiger partial charge in [-0.3, -0.25) is 0 Å². The Morgan fingerprint density at radius 3 is 2.82 bits per heavy atom. The van der Waals surface area contributed by atoms with Crippen LogP contribution in [0, 0.1) is 16.5 Å². The summed E-state index contributed by atoms with van der Waals surface area (Å²) >= 11 is 5.80. The van der Waals surface area contributed by atoms with E-state index in [2.05, 4.69) is 0 Å². The Morgan fingerprint density at radius 1 is 1.29 bits per heavy atom. The van der Waals surface area contributed by atoms with Crippen molar-refractivity contribution in [2.75, 3.05) is 0 Å².